The summed E-state index contributed by atoms with van der Waals surface area (Å²) in [5.41, 5.74) is 39.3. The van der Waals surface area contributed by atoms with Gasteiger partial charge >= 0.3 is 0 Å². The first-order valence-corrected chi connectivity index (χ1v) is 37.5. The van der Waals surface area contributed by atoms with Gasteiger partial charge in [0, 0.05) is 66.8 Å². The quantitative estimate of drug-likeness (QED) is 0.160. The Balaban J connectivity index is 0.869. The lowest BCUT2D eigenvalue weighted by atomic mass is 9.33. The van der Waals surface area contributed by atoms with Gasteiger partial charge in [0.05, 0.1) is 44.3 Å². The summed E-state index contributed by atoms with van der Waals surface area (Å²) in [6.45, 7) is -0.297. The van der Waals surface area contributed by atoms with Gasteiger partial charge in [0.1, 0.15) is 0 Å². The van der Waals surface area contributed by atoms with Crippen LogP contribution in [0.3, 0.4) is 0 Å². The van der Waals surface area contributed by atoms with E-state index in [0.717, 1.165) is 56.6 Å². The van der Waals surface area contributed by atoms with Crippen LogP contribution in [-0.4, -0.2) is 15.8 Å². The molecule has 0 N–H and O–H groups in total. The summed E-state index contributed by atoms with van der Waals surface area (Å²) in [6, 6.07) is 142. The van der Waals surface area contributed by atoms with Gasteiger partial charge in [-0.25, -0.2) is 0 Å². The fourth-order valence-electron chi connectivity index (χ4n) is 21.3. The molecule has 0 atom stereocenters. The average molecular weight is 1350 g/mol. The van der Waals surface area contributed by atoms with E-state index in [2.05, 4.69) is 389 Å². The highest BCUT2D eigenvalue weighted by Crippen LogP contribution is 2.68. The fraction of sp³-hybridized carbons (Fsp3) is 0.0196. The zero-order chi connectivity index (χ0) is 69.5. The maximum absolute atomic E-state index is 2.75. The van der Waals surface area contributed by atoms with Crippen LogP contribution in [0.15, 0.2) is 370 Å². The Bertz CT molecular complexity index is 6700. The molecule has 4 heterocycles. The van der Waals surface area contributed by atoms with Crippen molar-refractivity contribution in [3.05, 3.63) is 415 Å². The number of anilines is 6. The first-order chi connectivity index (χ1) is 53.1. The Hall–Kier alpha value is -13.7. The van der Waals surface area contributed by atoms with Crippen LogP contribution >= 0.6 is 0 Å². The van der Waals surface area contributed by atoms with Gasteiger partial charge in [-0.2, -0.15) is 0 Å². The smallest absolute Gasteiger partial charge is 0.252 e. The van der Waals surface area contributed by atoms with E-state index in [1.807, 2.05) is 0 Å². The van der Waals surface area contributed by atoms with Crippen molar-refractivity contribution in [3.63, 3.8) is 0 Å². The summed E-state index contributed by atoms with van der Waals surface area (Å²) in [7, 11) is 0. The second-order valence-electron chi connectivity index (χ2n) is 30.0. The molecule has 0 saturated carbocycles. The monoisotopic (exact) mass is 1350 g/mol. The number of rotatable bonds is 5. The third kappa shape index (κ3) is 7.24. The van der Waals surface area contributed by atoms with Crippen LogP contribution in [0.4, 0.5) is 34.1 Å². The maximum atomic E-state index is 2.75. The molecule has 19 aromatic rings. The lowest BCUT2D eigenvalue weighted by molar-refractivity contribution is 0.793. The Morgan fingerprint density at radius 2 is 0.579 bits per heavy atom. The molecule has 2 spiro atoms. The van der Waals surface area contributed by atoms with E-state index >= 15 is 0 Å². The topological polar surface area (TPSA) is 16.3 Å². The Kier molecular flexibility index (Phi) is 11.3. The molecular formula is C102H61BN4. The molecule has 0 amide bonds. The van der Waals surface area contributed by atoms with Crippen LogP contribution in [0.5, 0.6) is 0 Å². The van der Waals surface area contributed by atoms with Crippen molar-refractivity contribution in [2.45, 2.75) is 10.8 Å². The molecule has 4 nitrogen and oxygen atoms in total. The first kappa shape index (κ1) is 57.7. The normalized spacial score (nSPS) is 14.3. The van der Waals surface area contributed by atoms with E-state index < -0.39 is 10.8 Å². The lowest BCUT2D eigenvalue weighted by Crippen LogP contribution is -2.61. The molecule has 17 aromatic carbocycles. The van der Waals surface area contributed by atoms with E-state index in [4.69, 9.17) is 0 Å². The SMILES string of the molecule is c1ccc(-n2c3ccccc3c3cc4c(cc32)B2c3cc5c(cc3N(c3cccc6c3-c3ccccc3C63c6ccccc6-c6ccccc63)c3cc(-c6ccc7ccccc7c6)cc(c32)N4c2cccc3c2-c2ccccc2C32c3ccccc3-c3ccccc32)c2ccccc2n5-c2ccccc2)cc1. The molecular weight excluding hydrogens is 1290 g/mol. The Labute approximate surface area is 618 Å². The standard InChI is InChI=1S/C102H61BN4/c1-3-29-66(30-4-1)104-88-49-23-15-37-72(88)76-58-94-86(60-92(76)104)103-87-61-93-77(73-38-16-24-50-89(73)105(93)67-31-5-2-6-32-67)59-95(87)107(91-52-26-48-85-99(91)75-40-14-22-46-83(75)102(85)80-43-19-11-35-70(80)71-36-12-20-44-81(71)102)97-57-65(64-54-53-62-27-7-8-28-63(62)55-64)56-96(100(97)103)106(94)90-51-25-47-84-98(90)74-39-13-21-45-82(74)101(84)78-41-17-9-33-68(78)69-34-10-18-42-79(69)101/h1-61H. The first-order valence-electron chi connectivity index (χ1n) is 37.5. The van der Waals surface area contributed by atoms with Crippen molar-refractivity contribution in [2.75, 3.05) is 9.80 Å². The predicted octanol–water partition coefficient (Wildman–Crippen LogP) is 23.5. The molecule has 0 bridgehead atoms. The molecule has 0 radical (unpaired) electrons. The third-order valence-electron chi connectivity index (χ3n) is 25.2. The lowest BCUT2D eigenvalue weighted by Gasteiger charge is -2.45. The van der Waals surface area contributed by atoms with Gasteiger partial charge in [-0.05, 0) is 207 Å². The van der Waals surface area contributed by atoms with Crippen molar-refractivity contribution in [1.29, 1.82) is 0 Å². The summed E-state index contributed by atoms with van der Waals surface area (Å²) in [6.07, 6.45) is 0. The summed E-state index contributed by atoms with van der Waals surface area (Å²) in [5, 5.41) is 7.23. The van der Waals surface area contributed by atoms with Gasteiger partial charge in [0.2, 0.25) is 0 Å². The molecule has 107 heavy (non-hydrogen) atoms. The molecule has 0 unspecified atom stereocenters. The Morgan fingerprint density at radius 3 is 1.03 bits per heavy atom. The molecule has 5 heteroatoms. The third-order valence-corrected chi connectivity index (χ3v) is 25.2. The van der Waals surface area contributed by atoms with Gasteiger partial charge in [0.25, 0.3) is 6.71 Å². The summed E-state index contributed by atoms with van der Waals surface area (Å²) in [4.78, 5) is 5.50. The van der Waals surface area contributed by atoms with Crippen molar-refractivity contribution >= 4 is 112 Å². The van der Waals surface area contributed by atoms with Crippen LogP contribution in [0.25, 0.3) is 121 Å². The van der Waals surface area contributed by atoms with Crippen LogP contribution < -0.4 is 26.2 Å². The number of fused-ring (bicyclic) bond motifs is 31. The second kappa shape index (κ2) is 21.0. The molecule has 25 rings (SSSR count). The van der Waals surface area contributed by atoms with Crippen LogP contribution in [-0.2, 0) is 10.8 Å². The van der Waals surface area contributed by atoms with Gasteiger partial charge in [-0.1, -0.05) is 279 Å². The molecule has 492 valence electrons. The van der Waals surface area contributed by atoms with E-state index in [-0.39, 0.29) is 6.71 Å². The minimum atomic E-state index is -0.588. The van der Waals surface area contributed by atoms with Gasteiger partial charge in [-0.3, -0.25) is 0 Å². The zero-order valence-electron chi connectivity index (χ0n) is 58.1. The molecule has 4 aliphatic carbocycles. The summed E-state index contributed by atoms with van der Waals surface area (Å²) in [5.74, 6) is 0. The predicted molar refractivity (Wildman–Crippen MR) is 445 cm³/mol. The number of hydrogen-bond acceptors (Lipinski definition) is 2. The van der Waals surface area contributed by atoms with Crippen molar-refractivity contribution in [1.82, 2.24) is 9.13 Å². The number of para-hydroxylation sites is 4. The van der Waals surface area contributed by atoms with E-state index in [0.29, 0.717) is 0 Å². The molecule has 2 aliphatic heterocycles. The highest BCUT2D eigenvalue weighted by atomic mass is 15.2. The minimum Gasteiger partial charge on any atom is -0.311 e. The number of nitrogens with zero attached hydrogens (tertiary/aromatic N) is 4. The van der Waals surface area contributed by atoms with Crippen LogP contribution in [0.2, 0.25) is 0 Å². The average Bonchev–Trinajstić information content (AvgIpc) is 1.60. The number of hydrogen-bond donors (Lipinski definition) is 0. The molecule has 0 saturated heterocycles. The van der Waals surface area contributed by atoms with Gasteiger partial charge in [-0.15, -0.1) is 0 Å². The van der Waals surface area contributed by atoms with Crippen molar-refractivity contribution < 1.29 is 0 Å². The summed E-state index contributed by atoms with van der Waals surface area (Å²) >= 11 is 0. The van der Waals surface area contributed by atoms with E-state index in [9.17, 15) is 0 Å². The Morgan fingerprint density at radius 1 is 0.215 bits per heavy atom. The number of aromatic nitrogens is 2. The molecule has 6 aliphatic rings. The van der Waals surface area contributed by atoms with Crippen molar-refractivity contribution in [3.8, 4) is 67.0 Å². The summed E-state index contributed by atoms with van der Waals surface area (Å²) < 4.78 is 5.05. The maximum Gasteiger partial charge on any atom is 0.252 e. The molecule has 0 fully saturated rings. The second-order valence-corrected chi connectivity index (χ2v) is 30.0. The van der Waals surface area contributed by atoms with Crippen molar-refractivity contribution in [2.24, 2.45) is 0 Å². The highest BCUT2D eigenvalue weighted by Gasteiger charge is 2.56. The van der Waals surface area contributed by atoms with Crippen LogP contribution in [0.1, 0.15) is 44.5 Å². The van der Waals surface area contributed by atoms with Gasteiger partial charge < -0.3 is 18.9 Å². The molecule has 2 aromatic heterocycles. The minimum absolute atomic E-state index is 0.297. The fourth-order valence-corrected chi connectivity index (χ4v) is 21.3. The zero-order valence-corrected chi connectivity index (χ0v) is 58.1. The van der Waals surface area contributed by atoms with Gasteiger partial charge in [0.15, 0.2) is 0 Å². The highest BCUT2D eigenvalue weighted by molar-refractivity contribution is 7.00. The number of benzene rings is 17. The van der Waals surface area contributed by atoms with E-state index in [1.54, 1.807) is 0 Å². The van der Waals surface area contributed by atoms with E-state index in [1.165, 1.54) is 160 Å². The van der Waals surface area contributed by atoms with Crippen LogP contribution in [0, 0.1) is 0 Å². The largest absolute Gasteiger partial charge is 0.311 e.